The zero-order valence-electron chi connectivity index (χ0n) is 27.1. The van der Waals surface area contributed by atoms with Crippen LogP contribution in [-0.2, 0) is 25.6 Å². The van der Waals surface area contributed by atoms with E-state index in [1.165, 1.54) is 28.7 Å². The molecule has 7 rings (SSSR count). The molecule has 4 aliphatic rings. The van der Waals surface area contributed by atoms with Gasteiger partial charge in [-0.1, -0.05) is 38.6 Å². The van der Waals surface area contributed by atoms with E-state index in [1.54, 1.807) is 7.11 Å². The number of thiazole rings is 1. The van der Waals surface area contributed by atoms with Crippen LogP contribution in [0.15, 0.2) is 71.2 Å². The topological polar surface area (TPSA) is 81.9 Å². The van der Waals surface area contributed by atoms with Crippen molar-refractivity contribution in [2.24, 2.45) is 28.6 Å². The minimum Gasteiger partial charge on any atom is -0.497 e. The van der Waals surface area contributed by atoms with Gasteiger partial charge in [0.05, 0.1) is 24.7 Å². The lowest BCUT2D eigenvalue weighted by molar-refractivity contribution is -0.688. The second kappa shape index (κ2) is 11.9. The second-order valence-electron chi connectivity index (χ2n) is 14.0. The Kier molecular flexibility index (Phi) is 8.17. The van der Waals surface area contributed by atoms with Gasteiger partial charge in [-0.25, -0.2) is 9.55 Å². The minimum absolute atomic E-state index is 0.0237. The van der Waals surface area contributed by atoms with Gasteiger partial charge in [0, 0.05) is 52.8 Å². The zero-order chi connectivity index (χ0) is 32.3. The number of fused-ring (bicyclic) bond motifs is 1. The molecule has 0 spiro atoms. The molecule has 0 unspecified atom stereocenters. The van der Waals surface area contributed by atoms with Crippen molar-refractivity contribution in [2.45, 2.75) is 81.6 Å². The van der Waals surface area contributed by atoms with Crippen LogP contribution in [0.1, 0.15) is 58.4 Å². The monoisotopic (exact) mass is 659 g/mol. The number of ether oxygens (including phenoxy) is 3. The molecule has 2 bridgehead atoms. The Morgan fingerprint density at radius 2 is 1.96 bits per heavy atom. The molecule has 3 aromatic rings. The second-order valence-corrected chi connectivity index (χ2v) is 16.1. The normalized spacial score (nSPS) is 34.5. The van der Waals surface area contributed by atoms with Crippen LogP contribution in [0.5, 0.6) is 5.75 Å². The fourth-order valence-electron chi connectivity index (χ4n) is 9.07. The van der Waals surface area contributed by atoms with E-state index in [4.69, 9.17) is 19.2 Å². The fraction of sp³-hybridized carbons (Fsp3) is 0.514. The van der Waals surface area contributed by atoms with Gasteiger partial charge in [-0.3, -0.25) is 9.59 Å². The molecule has 7 nitrogen and oxygen atoms in total. The highest BCUT2D eigenvalue weighted by Gasteiger charge is 2.73. The van der Waals surface area contributed by atoms with Crippen LogP contribution in [0.25, 0.3) is 11.3 Å². The van der Waals surface area contributed by atoms with Gasteiger partial charge in [-0.15, -0.1) is 17.9 Å². The molecule has 1 saturated heterocycles. The number of epoxide rings is 1. The van der Waals surface area contributed by atoms with Crippen LogP contribution >= 0.6 is 23.1 Å². The highest BCUT2D eigenvalue weighted by atomic mass is 32.2. The van der Waals surface area contributed by atoms with Crippen molar-refractivity contribution in [1.29, 1.82) is 0 Å². The van der Waals surface area contributed by atoms with E-state index < -0.39 is 17.1 Å². The number of Topliss-reactive ketones (excluding diaryl/α,β-unsaturated/α-hetero) is 1. The van der Waals surface area contributed by atoms with Gasteiger partial charge in [-0.2, -0.15) is 0 Å². The fourth-order valence-corrected chi connectivity index (χ4v) is 10.7. The van der Waals surface area contributed by atoms with Gasteiger partial charge in [0.2, 0.25) is 0 Å². The van der Waals surface area contributed by atoms with E-state index in [9.17, 15) is 9.59 Å². The number of carbonyl (C=O) groups excluding carboxylic acids is 2. The highest BCUT2D eigenvalue weighted by molar-refractivity contribution is 8.01. The van der Waals surface area contributed by atoms with Crippen LogP contribution < -0.4 is 9.30 Å². The number of esters is 1. The molecule has 3 heterocycles. The molecule has 3 aliphatic carbocycles. The predicted octanol–water partition coefficient (Wildman–Crippen LogP) is 6.92. The third-order valence-electron chi connectivity index (χ3n) is 11.9. The Hall–Kier alpha value is -3.01. The maximum absolute atomic E-state index is 13.6. The third kappa shape index (κ3) is 5.23. The summed E-state index contributed by atoms with van der Waals surface area (Å²) in [5, 5.41) is 2.03. The predicted molar refractivity (Wildman–Crippen MR) is 179 cm³/mol. The summed E-state index contributed by atoms with van der Waals surface area (Å²) in [4.78, 5) is 31.9. The SMILES string of the molecule is C=C[C@]12C[C@@H](OC(=O)CSc3nc(-c4cc[n+](Cc5ccc(OC)cc5)cc4)cs3)[C@]3(C)[C@H](C)CC[C@]4(CCC(=O)[C@H]43)[C@@H](C)[C@@H]1O2. The van der Waals surface area contributed by atoms with Gasteiger partial charge in [0.25, 0.3) is 0 Å². The highest BCUT2D eigenvalue weighted by Crippen LogP contribution is 2.70. The Balaban J connectivity index is 1.02. The van der Waals surface area contributed by atoms with Crippen LogP contribution in [0.3, 0.4) is 0 Å². The molecule has 0 N–H and O–H groups in total. The van der Waals surface area contributed by atoms with Crippen molar-refractivity contribution in [3.8, 4) is 17.0 Å². The Morgan fingerprint density at radius 1 is 1.20 bits per heavy atom. The first-order valence-electron chi connectivity index (χ1n) is 16.4. The largest absolute Gasteiger partial charge is 0.497 e. The van der Waals surface area contributed by atoms with Gasteiger partial charge in [0.1, 0.15) is 23.2 Å². The summed E-state index contributed by atoms with van der Waals surface area (Å²) < 4.78 is 21.0. The summed E-state index contributed by atoms with van der Waals surface area (Å²) in [5.74, 6) is 1.49. The van der Waals surface area contributed by atoms with E-state index in [1.807, 2.05) is 23.6 Å². The number of pyridine rings is 1. The van der Waals surface area contributed by atoms with Gasteiger partial charge < -0.3 is 14.2 Å². The van der Waals surface area contributed by atoms with Crippen molar-refractivity contribution in [3.05, 3.63) is 72.4 Å². The van der Waals surface area contributed by atoms with Gasteiger partial charge in [-0.05, 0) is 60.8 Å². The molecule has 3 saturated carbocycles. The number of rotatable bonds is 9. The molecule has 2 aromatic heterocycles. The number of carbonyl (C=O) groups is 2. The first-order valence-corrected chi connectivity index (χ1v) is 18.2. The van der Waals surface area contributed by atoms with E-state index in [0.717, 1.165) is 47.2 Å². The van der Waals surface area contributed by atoms with E-state index in [0.29, 0.717) is 18.6 Å². The molecule has 0 amide bonds. The van der Waals surface area contributed by atoms with Gasteiger partial charge >= 0.3 is 5.97 Å². The molecule has 1 aromatic carbocycles. The quantitative estimate of drug-likeness (QED) is 0.0811. The summed E-state index contributed by atoms with van der Waals surface area (Å²) in [5.41, 5.74) is 2.06. The van der Waals surface area contributed by atoms with Crippen LogP contribution in [-0.4, -0.2) is 47.4 Å². The van der Waals surface area contributed by atoms with Crippen molar-refractivity contribution in [1.82, 2.24) is 4.98 Å². The first kappa shape index (κ1) is 31.6. The molecular weight excluding hydrogens is 617 g/mol. The van der Waals surface area contributed by atoms with Gasteiger partial charge in [0.15, 0.2) is 23.3 Å². The molecule has 242 valence electrons. The Morgan fingerprint density at radius 3 is 2.67 bits per heavy atom. The maximum atomic E-state index is 13.6. The minimum atomic E-state index is -0.494. The number of hydrogen-bond donors (Lipinski definition) is 0. The summed E-state index contributed by atoms with van der Waals surface area (Å²) in [6.45, 7) is 11.6. The van der Waals surface area contributed by atoms with Crippen LogP contribution in [0.2, 0.25) is 0 Å². The lowest BCUT2D eigenvalue weighted by Gasteiger charge is -2.58. The summed E-state index contributed by atoms with van der Waals surface area (Å²) in [7, 11) is 1.67. The number of aromatic nitrogens is 2. The maximum Gasteiger partial charge on any atom is 0.316 e. The Bertz CT molecular complexity index is 1640. The lowest BCUT2D eigenvalue weighted by atomic mass is 9.45. The van der Waals surface area contributed by atoms with Crippen molar-refractivity contribution in [2.75, 3.05) is 12.9 Å². The first-order chi connectivity index (χ1) is 22.1. The number of benzene rings is 1. The number of methoxy groups -OCH3 is 1. The molecular formula is C37H43N2O5S2+. The molecule has 0 radical (unpaired) electrons. The number of nitrogens with zero attached hydrogens (tertiary/aromatic N) is 2. The third-order valence-corrected chi connectivity index (χ3v) is 13.9. The molecule has 9 heteroatoms. The van der Waals surface area contributed by atoms with Crippen molar-refractivity contribution in [3.63, 3.8) is 0 Å². The Labute approximate surface area is 279 Å². The summed E-state index contributed by atoms with van der Waals surface area (Å²) >= 11 is 2.94. The van der Waals surface area contributed by atoms with Crippen LogP contribution in [0.4, 0.5) is 0 Å². The van der Waals surface area contributed by atoms with Crippen molar-refractivity contribution < 1.29 is 28.4 Å². The van der Waals surface area contributed by atoms with E-state index in [-0.39, 0.29) is 41.0 Å². The lowest BCUT2D eigenvalue weighted by Crippen LogP contribution is -2.60. The molecule has 46 heavy (non-hydrogen) atoms. The zero-order valence-corrected chi connectivity index (χ0v) is 28.7. The van der Waals surface area contributed by atoms with E-state index in [2.05, 4.69) is 68.6 Å². The number of hydrogen-bond acceptors (Lipinski definition) is 8. The molecule has 1 aliphatic heterocycles. The molecule has 8 atom stereocenters. The average molecular weight is 660 g/mol. The summed E-state index contributed by atoms with van der Waals surface area (Å²) in [6, 6.07) is 12.2. The standard InChI is InChI=1S/C37H43N2O5S2/c1-6-37-19-30(35(4)23(2)11-15-36(24(3)33(37)44-37)16-12-29(40)32(35)36)43-31(41)22-46-34-38-28(21-45-34)26-13-17-39(18-14-26)20-25-7-9-27(42-5)10-8-25/h6-10,13-14,17-18,21,23-24,30,32-33H,1,11-12,15-16,19-20,22H2,2-5H3/q+1/t23-,24+,30-,32+,33+,35+,36+,37+/m1/s1. The average Bonchev–Trinajstić information content (AvgIpc) is 3.37. The smallest absolute Gasteiger partial charge is 0.316 e. The van der Waals surface area contributed by atoms with E-state index >= 15 is 0 Å². The molecule has 4 fully saturated rings. The number of thioether (sulfide) groups is 1. The number of ketones is 1. The summed E-state index contributed by atoms with van der Waals surface area (Å²) in [6.07, 6.45) is 9.76. The van der Waals surface area contributed by atoms with Crippen LogP contribution in [0, 0.1) is 28.6 Å². The van der Waals surface area contributed by atoms with Crippen molar-refractivity contribution >= 4 is 34.9 Å².